The topological polar surface area (TPSA) is 58.6 Å². The van der Waals surface area contributed by atoms with Crippen LogP contribution in [0, 0.1) is 6.92 Å². The lowest BCUT2D eigenvalue weighted by atomic mass is 10.1. The number of benzene rings is 2. The molecule has 0 radical (unpaired) electrons. The van der Waals surface area contributed by atoms with Crippen molar-refractivity contribution >= 4 is 17.5 Å². The molecule has 3 rings (SSSR count). The van der Waals surface area contributed by atoms with Crippen molar-refractivity contribution in [2.24, 2.45) is 0 Å². The maximum atomic E-state index is 12.7. The molecular formula is C21H24N2O3. The second-order valence-electron chi connectivity index (χ2n) is 6.56. The predicted molar refractivity (Wildman–Crippen MR) is 101 cm³/mol. The largest absolute Gasteiger partial charge is 0.481 e. The Kier molecular flexibility index (Phi) is 5.56. The van der Waals surface area contributed by atoms with Crippen LogP contribution in [0.1, 0.15) is 35.7 Å². The third-order valence-corrected chi connectivity index (χ3v) is 4.58. The summed E-state index contributed by atoms with van der Waals surface area (Å²) in [6.45, 7) is 5.18. The van der Waals surface area contributed by atoms with E-state index < -0.39 is 6.10 Å². The van der Waals surface area contributed by atoms with Gasteiger partial charge >= 0.3 is 0 Å². The van der Waals surface area contributed by atoms with Gasteiger partial charge in [-0.1, -0.05) is 30.3 Å². The Labute approximate surface area is 154 Å². The van der Waals surface area contributed by atoms with Crippen molar-refractivity contribution < 1.29 is 14.3 Å². The zero-order chi connectivity index (χ0) is 18.5. The summed E-state index contributed by atoms with van der Waals surface area (Å²) in [6.07, 6.45) is 1.38. The molecule has 1 atom stereocenters. The van der Waals surface area contributed by atoms with Crippen molar-refractivity contribution in [1.29, 1.82) is 0 Å². The van der Waals surface area contributed by atoms with Gasteiger partial charge in [-0.05, 0) is 50.5 Å². The number of aryl methyl sites for hydroxylation is 1. The number of carbonyl (C=O) groups excluding carboxylic acids is 2. The fraction of sp³-hybridized carbons (Fsp3) is 0.333. The zero-order valence-corrected chi connectivity index (χ0v) is 15.2. The summed E-state index contributed by atoms with van der Waals surface area (Å²) in [6, 6.07) is 14.7. The van der Waals surface area contributed by atoms with Gasteiger partial charge in [-0.2, -0.15) is 0 Å². The van der Waals surface area contributed by atoms with E-state index >= 15 is 0 Å². The Bertz CT molecular complexity index is 797. The highest BCUT2D eigenvalue weighted by molar-refractivity contribution is 6.04. The Balaban J connectivity index is 1.71. The van der Waals surface area contributed by atoms with Gasteiger partial charge in [0, 0.05) is 13.1 Å². The molecule has 5 heteroatoms. The van der Waals surface area contributed by atoms with Crippen LogP contribution in [0.15, 0.2) is 48.5 Å². The van der Waals surface area contributed by atoms with E-state index in [0.29, 0.717) is 17.0 Å². The molecule has 1 saturated heterocycles. The molecule has 26 heavy (non-hydrogen) atoms. The van der Waals surface area contributed by atoms with E-state index in [1.807, 2.05) is 48.2 Å². The van der Waals surface area contributed by atoms with Gasteiger partial charge in [-0.3, -0.25) is 9.59 Å². The molecule has 5 nitrogen and oxygen atoms in total. The minimum absolute atomic E-state index is 0.0362. The number of ether oxygens (including phenoxy) is 1. The highest BCUT2D eigenvalue weighted by Crippen LogP contribution is 2.22. The molecule has 2 amide bonds. The van der Waals surface area contributed by atoms with E-state index in [2.05, 4.69) is 5.32 Å². The Morgan fingerprint density at radius 1 is 1.04 bits per heavy atom. The summed E-state index contributed by atoms with van der Waals surface area (Å²) in [4.78, 5) is 27.1. The van der Waals surface area contributed by atoms with Gasteiger partial charge in [-0.15, -0.1) is 0 Å². The number of anilines is 1. The van der Waals surface area contributed by atoms with Crippen molar-refractivity contribution in [3.63, 3.8) is 0 Å². The number of likely N-dealkylation sites (tertiary alicyclic amines) is 1. The lowest BCUT2D eigenvalue weighted by molar-refractivity contribution is -0.122. The van der Waals surface area contributed by atoms with Crippen LogP contribution in [0.25, 0.3) is 0 Å². The predicted octanol–water partition coefficient (Wildman–Crippen LogP) is 3.64. The Morgan fingerprint density at radius 2 is 1.69 bits per heavy atom. The molecule has 0 unspecified atom stereocenters. The van der Waals surface area contributed by atoms with Crippen LogP contribution in [0.5, 0.6) is 5.75 Å². The van der Waals surface area contributed by atoms with Crippen molar-refractivity contribution in [2.75, 3.05) is 18.4 Å². The minimum Gasteiger partial charge on any atom is -0.481 e. The van der Waals surface area contributed by atoms with Gasteiger partial charge in [-0.25, -0.2) is 0 Å². The maximum absolute atomic E-state index is 12.7. The van der Waals surface area contributed by atoms with Gasteiger partial charge in [0.2, 0.25) is 0 Å². The highest BCUT2D eigenvalue weighted by atomic mass is 16.5. The van der Waals surface area contributed by atoms with Gasteiger partial charge in [0.15, 0.2) is 6.10 Å². The third-order valence-electron chi connectivity index (χ3n) is 4.58. The van der Waals surface area contributed by atoms with Crippen LogP contribution >= 0.6 is 0 Å². The van der Waals surface area contributed by atoms with E-state index in [-0.39, 0.29) is 11.8 Å². The SMILES string of the molecule is Cc1ccccc1O[C@H](C)C(=O)Nc1ccccc1C(=O)N1CCCC1. The quantitative estimate of drug-likeness (QED) is 0.894. The second-order valence-corrected chi connectivity index (χ2v) is 6.56. The number of para-hydroxylation sites is 2. The summed E-state index contributed by atoms with van der Waals surface area (Å²) in [5, 5.41) is 2.84. The Hall–Kier alpha value is -2.82. The molecule has 136 valence electrons. The second kappa shape index (κ2) is 8.04. The van der Waals surface area contributed by atoms with Crippen LogP contribution in [0.4, 0.5) is 5.69 Å². The first-order valence-electron chi connectivity index (χ1n) is 8.97. The number of hydrogen-bond acceptors (Lipinski definition) is 3. The molecule has 1 fully saturated rings. The van der Waals surface area contributed by atoms with Gasteiger partial charge in [0.05, 0.1) is 11.3 Å². The molecule has 0 spiro atoms. The molecule has 1 aliphatic rings. The van der Waals surface area contributed by atoms with Crippen LogP contribution in [0.3, 0.4) is 0 Å². The van der Waals surface area contributed by atoms with Crippen LogP contribution in [-0.4, -0.2) is 35.9 Å². The van der Waals surface area contributed by atoms with Gasteiger partial charge in [0.1, 0.15) is 5.75 Å². The van der Waals surface area contributed by atoms with Crippen LogP contribution in [0.2, 0.25) is 0 Å². The van der Waals surface area contributed by atoms with Gasteiger partial charge in [0.25, 0.3) is 11.8 Å². The fourth-order valence-electron chi connectivity index (χ4n) is 3.04. The van der Waals surface area contributed by atoms with E-state index in [4.69, 9.17) is 4.74 Å². The van der Waals surface area contributed by atoms with E-state index in [1.165, 1.54) is 0 Å². The summed E-state index contributed by atoms with van der Waals surface area (Å²) >= 11 is 0. The smallest absolute Gasteiger partial charge is 0.265 e. The minimum atomic E-state index is -0.675. The molecule has 1 heterocycles. The number of rotatable bonds is 5. The first-order valence-corrected chi connectivity index (χ1v) is 8.97. The van der Waals surface area contributed by atoms with E-state index in [1.54, 1.807) is 19.1 Å². The number of nitrogens with one attached hydrogen (secondary N) is 1. The molecular weight excluding hydrogens is 328 g/mol. The van der Waals surface area contributed by atoms with E-state index in [0.717, 1.165) is 31.5 Å². The number of amides is 2. The monoisotopic (exact) mass is 352 g/mol. The average Bonchev–Trinajstić information content (AvgIpc) is 3.18. The number of hydrogen-bond donors (Lipinski definition) is 1. The molecule has 0 aromatic heterocycles. The number of nitrogens with zero attached hydrogens (tertiary/aromatic N) is 1. The Morgan fingerprint density at radius 3 is 2.42 bits per heavy atom. The first-order chi connectivity index (χ1) is 12.6. The molecule has 0 saturated carbocycles. The van der Waals surface area contributed by atoms with Crippen molar-refractivity contribution in [2.45, 2.75) is 32.8 Å². The number of carbonyl (C=O) groups is 2. The summed E-state index contributed by atoms with van der Waals surface area (Å²) in [5.41, 5.74) is 2.01. The lowest BCUT2D eigenvalue weighted by Gasteiger charge is -2.20. The average molecular weight is 352 g/mol. The van der Waals surface area contributed by atoms with Crippen LogP contribution in [-0.2, 0) is 4.79 Å². The summed E-state index contributed by atoms with van der Waals surface area (Å²) < 4.78 is 5.77. The molecule has 0 aliphatic carbocycles. The normalized spacial score (nSPS) is 14.8. The van der Waals surface area contributed by atoms with Crippen molar-refractivity contribution in [1.82, 2.24) is 4.90 Å². The summed E-state index contributed by atoms with van der Waals surface area (Å²) in [7, 11) is 0. The molecule has 2 aromatic carbocycles. The van der Waals surface area contributed by atoms with Crippen molar-refractivity contribution in [3.8, 4) is 5.75 Å². The lowest BCUT2D eigenvalue weighted by Crippen LogP contribution is -2.32. The van der Waals surface area contributed by atoms with E-state index in [9.17, 15) is 9.59 Å². The molecule has 1 N–H and O–H groups in total. The maximum Gasteiger partial charge on any atom is 0.265 e. The highest BCUT2D eigenvalue weighted by Gasteiger charge is 2.23. The third kappa shape index (κ3) is 4.04. The molecule has 1 aliphatic heterocycles. The van der Waals surface area contributed by atoms with Crippen molar-refractivity contribution in [3.05, 3.63) is 59.7 Å². The summed E-state index contributed by atoms with van der Waals surface area (Å²) in [5.74, 6) is 0.359. The molecule has 2 aromatic rings. The first kappa shape index (κ1) is 18.0. The standard InChI is InChI=1S/C21H24N2O3/c1-15-9-3-6-12-19(15)26-16(2)20(24)22-18-11-5-4-10-17(18)21(25)23-13-7-8-14-23/h3-6,9-12,16H,7-8,13-14H2,1-2H3,(H,22,24)/t16-/m1/s1. The van der Waals surface area contributed by atoms with Crippen LogP contribution < -0.4 is 10.1 Å². The van der Waals surface area contributed by atoms with Gasteiger partial charge < -0.3 is 15.0 Å². The molecule has 0 bridgehead atoms. The zero-order valence-electron chi connectivity index (χ0n) is 15.2. The fourth-order valence-corrected chi connectivity index (χ4v) is 3.04.